The van der Waals surface area contributed by atoms with E-state index in [1.165, 1.54) is 0 Å². The topological polar surface area (TPSA) is 58.2 Å². The van der Waals surface area contributed by atoms with Gasteiger partial charge in [0.15, 0.2) is 0 Å². The number of carbonyl (C=O) groups is 2. The highest BCUT2D eigenvalue weighted by atomic mass is 16.2. The van der Waals surface area contributed by atoms with E-state index in [0.717, 1.165) is 6.29 Å². The molecule has 0 saturated carbocycles. The molecule has 1 aliphatic rings. The summed E-state index contributed by atoms with van der Waals surface area (Å²) in [5, 5.41) is 5.81. The van der Waals surface area contributed by atoms with Gasteiger partial charge in [0.05, 0.1) is 5.92 Å². The lowest BCUT2D eigenvalue weighted by molar-refractivity contribution is -0.130. The molecule has 84 valence electrons. The number of aldehydes is 1. The van der Waals surface area contributed by atoms with Crippen LogP contribution in [-0.2, 0) is 9.59 Å². The third-order valence-corrected chi connectivity index (χ3v) is 2.37. The highest BCUT2D eigenvalue weighted by Crippen LogP contribution is 2.15. The van der Waals surface area contributed by atoms with Gasteiger partial charge in [0.25, 0.3) is 0 Å². The standard InChI is InChI=1S/C11H18N2O2/c1-11(2,3)10(15)13-9-8(7-14)5-4-6-12-9/h4,6-9,12H,5H2,1-3H3,(H,13,15). The van der Waals surface area contributed by atoms with Gasteiger partial charge in [0.2, 0.25) is 5.91 Å². The lowest BCUT2D eigenvalue weighted by Crippen LogP contribution is -2.52. The van der Waals surface area contributed by atoms with Crippen LogP contribution in [0.5, 0.6) is 0 Å². The maximum Gasteiger partial charge on any atom is 0.226 e. The summed E-state index contributed by atoms with van der Waals surface area (Å²) >= 11 is 0. The number of hydrogen-bond donors (Lipinski definition) is 2. The molecule has 1 rings (SSSR count). The van der Waals surface area contributed by atoms with Gasteiger partial charge < -0.3 is 15.4 Å². The molecule has 0 bridgehead atoms. The molecule has 2 unspecified atom stereocenters. The van der Waals surface area contributed by atoms with Crippen LogP contribution in [0.4, 0.5) is 0 Å². The number of carbonyl (C=O) groups excluding carboxylic acids is 2. The Morgan fingerprint density at radius 2 is 2.20 bits per heavy atom. The van der Waals surface area contributed by atoms with Crippen LogP contribution < -0.4 is 10.6 Å². The Morgan fingerprint density at radius 1 is 1.53 bits per heavy atom. The van der Waals surface area contributed by atoms with E-state index in [0.29, 0.717) is 6.42 Å². The molecular weight excluding hydrogens is 192 g/mol. The molecular formula is C11H18N2O2. The minimum Gasteiger partial charge on any atom is -0.371 e. The van der Waals surface area contributed by atoms with Gasteiger partial charge in [-0.3, -0.25) is 4.79 Å². The first-order valence-corrected chi connectivity index (χ1v) is 5.12. The van der Waals surface area contributed by atoms with Crippen molar-refractivity contribution in [1.82, 2.24) is 10.6 Å². The van der Waals surface area contributed by atoms with Crippen LogP contribution in [0.2, 0.25) is 0 Å². The van der Waals surface area contributed by atoms with Crippen molar-refractivity contribution in [3.8, 4) is 0 Å². The normalized spacial score (nSPS) is 25.5. The highest BCUT2D eigenvalue weighted by Gasteiger charge is 2.28. The zero-order chi connectivity index (χ0) is 11.5. The van der Waals surface area contributed by atoms with Gasteiger partial charge in [0, 0.05) is 5.41 Å². The average Bonchev–Trinajstić information content (AvgIpc) is 2.17. The Morgan fingerprint density at radius 3 is 2.73 bits per heavy atom. The van der Waals surface area contributed by atoms with E-state index in [-0.39, 0.29) is 18.0 Å². The minimum absolute atomic E-state index is 0.0536. The number of rotatable bonds is 2. The lowest BCUT2D eigenvalue weighted by Gasteiger charge is -2.29. The average molecular weight is 210 g/mol. The largest absolute Gasteiger partial charge is 0.371 e. The van der Waals surface area contributed by atoms with Crippen LogP contribution in [-0.4, -0.2) is 18.4 Å². The molecule has 2 atom stereocenters. The molecule has 0 aromatic rings. The van der Waals surface area contributed by atoms with Crippen LogP contribution in [0.3, 0.4) is 0 Å². The highest BCUT2D eigenvalue weighted by molar-refractivity contribution is 5.82. The van der Waals surface area contributed by atoms with Crippen molar-refractivity contribution in [3.63, 3.8) is 0 Å². The van der Waals surface area contributed by atoms with E-state index in [1.807, 2.05) is 26.8 Å². The first kappa shape index (κ1) is 11.8. The molecule has 0 aromatic carbocycles. The first-order chi connectivity index (χ1) is 6.95. The van der Waals surface area contributed by atoms with Gasteiger partial charge in [-0.2, -0.15) is 0 Å². The molecule has 0 aromatic heterocycles. The van der Waals surface area contributed by atoms with Crippen LogP contribution >= 0.6 is 0 Å². The Balaban J connectivity index is 2.61. The van der Waals surface area contributed by atoms with E-state index in [9.17, 15) is 9.59 Å². The molecule has 1 heterocycles. The van der Waals surface area contributed by atoms with Crippen LogP contribution in [0.1, 0.15) is 27.2 Å². The summed E-state index contributed by atoms with van der Waals surface area (Å²) in [6, 6.07) is 0. The lowest BCUT2D eigenvalue weighted by atomic mass is 9.94. The minimum atomic E-state index is -0.434. The number of hydrogen-bond acceptors (Lipinski definition) is 3. The fraction of sp³-hybridized carbons (Fsp3) is 0.636. The smallest absolute Gasteiger partial charge is 0.226 e. The maximum absolute atomic E-state index is 11.7. The maximum atomic E-state index is 11.7. The van der Waals surface area contributed by atoms with Gasteiger partial charge in [-0.1, -0.05) is 26.8 Å². The second kappa shape index (κ2) is 4.47. The molecule has 0 aliphatic carbocycles. The molecule has 4 heteroatoms. The van der Waals surface area contributed by atoms with Crippen molar-refractivity contribution in [2.45, 2.75) is 33.4 Å². The molecule has 2 N–H and O–H groups in total. The number of amides is 1. The van der Waals surface area contributed by atoms with E-state index < -0.39 is 5.41 Å². The second-order valence-corrected chi connectivity index (χ2v) is 4.81. The van der Waals surface area contributed by atoms with Crippen molar-refractivity contribution in [2.75, 3.05) is 0 Å². The van der Waals surface area contributed by atoms with Gasteiger partial charge in [-0.15, -0.1) is 0 Å². The van der Waals surface area contributed by atoms with Gasteiger partial charge >= 0.3 is 0 Å². The summed E-state index contributed by atoms with van der Waals surface area (Å²) in [6.07, 6.45) is 4.93. The summed E-state index contributed by atoms with van der Waals surface area (Å²) < 4.78 is 0. The zero-order valence-electron chi connectivity index (χ0n) is 9.41. The summed E-state index contributed by atoms with van der Waals surface area (Å²) in [6.45, 7) is 5.53. The van der Waals surface area contributed by atoms with Crippen LogP contribution in [0.25, 0.3) is 0 Å². The fourth-order valence-corrected chi connectivity index (χ4v) is 1.30. The van der Waals surface area contributed by atoms with Gasteiger partial charge in [0.1, 0.15) is 12.5 Å². The van der Waals surface area contributed by atoms with E-state index >= 15 is 0 Å². The molecule has 0 fully saturated rings. The quantitative estimate of drug-likeness (QED) is 0.663. The first-order valence-electron chi connectivity index (χ1n) is 5.12. The monoisotopic (exact) mass is 210 g/mol. The molecule has 1 aliphatic heterocycles. The van der Waals surface area contributed by atoms with E-state index in [4.69, 9.17) is 0 Å². The summed E-state index contributed by atoms with van der Waals surface area (Å²) in [7, 11) is 0. The Kier molecular flexibility index (Phi) is 3.50. The molecule has 15 heavy (non-hydrogen) atoms. The molecule has 4 nitrogen and oxygen atoms in total. The van der Waals surface area contributed by atoms with Crippen molar-refractivity contribution >= 4 is 12.2 Å². The SMILES string of the molecule is CC(C)(C)C(=O)NC1NC=CCC1C=O. The molecule has 0 spiro atoms. The molecule has 1 amide bonds. The molecule has 0 saturated heterocycles. The third kappa shape index (κ3) is 3.08. The zero-order valence-corrected chi connectivity index (χ0v) is 9.41. The van der Waals surface area contributed by atoms with E-state index in [2.05, 4.69) is 10.6 Å². The van der Waals surface area contributed by atoms with Crippen molar-refractivity contribution < 1.29 is 9.59 Å². The van der Waals surface area contributed by atoms with Crippen molar-refractivity contribution in [3.05, 3.63) is 12.3 Å². The van der Waals surface area contributed by atoms with Crippen LogP contribution in [0.15, 0.2) is 12.3 Å². The van der Waals surface area contributed by atoms with Gasteiger partial charge in [-0.25, -0.2) is 0 Å². The van der Waals surface area contributed by atoms with Crippen LogP contribution in [0, 0.1) is 11.3 Å². The molecule has 0 radical (unpaired) electrons. The Bertz CT molecular complexity index is 279. The predicted octanol–water partition coefficient (Wildman–Crippen LogP) is 0.797. The fourth-order valence-electron chi connectivity index (χ4n) is 1.30. The van der Waals surface area contributed by atoms with Crippen molar-refractivity contribution in [2.24, 2.45) is 11.3 Å². The number of allylic oxidation sites excluding steroid dienone is 1. The Labute approximate surface area is 90.1 Å². The van der Waals surface area contributed by atoms with E-state index in [1.54, 1.807) is 6.20 Å². The van der Waals surface area contributed by atoms with Gasteiger partial charge in [-0.05, 0) is 12.6 Å². The second-order valence-electron chi connectivity index (χ2n) is 4.81. The summed E-state index contributed by atoms with van der Waals surface area (Å²) in [4.78, 5) is 22.5. The summed E-state index contributed by atoms with van der Waals surface area (Å²) in [5.74, 6) is -0.233. The third-order valence-electron chi connectivity index (χ3n) is 2.37. The Hall–Kier alpha value is -1.32. The number of nitrogens with one attached hydrogen (secondary N) is 2. The predicted molar refractivity (Wildman–Crippen MR) is 57.8 cm³/mol. The van der Waals surface area contributed by atoms with Crippen molar-refractivity contribution in [1.29, 1.82) is 0 Å². The summed E-state index contributed by atoms with van der Waals surface area (Å²) in [5.41, 5.74) is -0.434.